The number of allylic oxidation sites excluding steroid dienone is 1. The molecule has 7 nitrogen and oxygen atoms in total. The Morgan fingerprint density at radius 3 is 2.67 bits per heavy atom. The van der Waals surface area contributed by atoms with Crippen molar-refractivity contribution in [1.29, 1.82) is 5.26 Å². The molecule has 1 N–H and O–H groups in total. The highest BCUT2D eigenvalue weighted by molar-refractivity contribution is 5.90. The van der Waals surface area contributed by atoms with Gasteiger partial charge in [0.1, 0.15) is 11.9 Å². The van der Waals surface area contributed by atoms with Crippen LogP contribution in [0, 0.1) is 42.2 Å². The second-order valence-electron chi connectivity index (χ2n) is 7.16. The van der Waals surface area contributed by atoms with E-state index in [9.17, 15) is 15.4 Å². The van der Waals surface area contributed by atoms with Crippen LogP contribution in [-0.2, 0) is 0 Å². The predicted molar refractivity (Wildman–Crippen MR) is 116 cm³/mol. The number of imidazole rings is 1. The van der Waals surface area contributed by atoms with Crippen LogP contribution in [0.15, 0.2) is 48.5 Å². The number of aryl methyl sites for hydroxylation is 2. The number of hydrogen-bond acceptors (Lipinski definition) is 4. The van der Waals surface area contributed by atoms with Crippen LogP contribution in [0.3, 0.4) is 0 Å². The van der Waals surface area contributed by atoms with E-state index in [2.05, 4.69) is 16.0 Å². The smallest absolute Gasteiger partial charge is 0.271 e. The first-order valence-corrected chi connectivity index (χ1v) is 9.40. The summed E-state index contributed by atoms with van der Waals surface area (Å²) in [6, 6.07) is 16.6. The molecule has 0 unspecified atom stereocenters. The Bertz CT molecular complexity index is 1340. The Hall–Kier alpha value is -4.18. The monoisotopic (exact) mass is 397 g/mol. The molecule has 0 bridgehead atoms. The second kappa shape index (κ2) is 7.33. The molecule has 0 aliphatic heterocycles. The molecule has 0 amide bonds. The Labute approximate surface area is 173 Å². The van der Waals surface area contributed by atoms with Crippen LogP contribution < -0.4 is 0 Å². The lowest BCUT2D eigenvalue weighted by molar-refractivity contribution is -0.384. The molecule has 0 atom stereocenters. The summed E-state index contributed by atoms with van der Waals surface area (Å²) in [7, 11) is 0. The van der Waals surface area contributed by atoms with Crippen molar-refractivity contribution in [2.24, 2.45) is 0 Å². The lowest BCUT2D eigenvalue weighted by Crippen LogP contribution is -2.02. The molecule has 4 rings (SSSR count). The number of H-pyrrole nitrogens is 1. The van der Waals surface area contributed by atoms with Crippen molar-refractivity contribution in [1.82, 2.24) is 14.5 Å². The van der Waals surface area contributed by atoms with Gasteiger partial charge in [-0.3, -0.25) is 10.1 Å². The lowest BCUT2D eigenvalue weighted by atomic mass is 10.1. The van der Waals surface area contributed by atoms with Gasteiger partial charge in [-0.1, -0.05) is 18.2 Å². The van der Waals surface area contributed by atoms with Gasteiger partial charge in [-0.15, -0.1) is 0 Å². The van der Waals surface area contributed by atoms with Crippen LogP contribution in [0.2, 0.25) is 0 Å². The van der Waals surface area contributed by atoms with Gasteiger partial charge in [0.25, 0.3) is 5.69 Å². The molecule has 148 valence electrons. The van der Waals surface area contributed by atoms with E-state index in [1.54, 1.807) is 18.2 Å². The van der Waals surface area contributed by atoms with Crippen LogP contribution in [0.5, 0.6) is 0 Å². The van der Waals surface area contributed by atoms with Crippen molar-refractivity contribution in [3.05, 3.63) is 87.0 Å². The van der Waals surface area contributed by atoms with E-state index in [-0.39, 0.29) is 5.69 Å². The topological polar surface area (TPSA) is 101 Å². The van der Waals surface area contributed by atoms with Crippen LogP contribution in [0.4, 0.5) is 5.69 Å². The minimum atomic E-state index is -0.396. The Kier molecular flexibility index (Phi) is 4.68. The number of aromatic amines is 1. The molecule has 4 aromatic rings. The van der Waals surface area contributed by atoms with Gasteiger partial charge >= 0.3 is 0 Å². The van der Waals surface area contributed by atoms with Crippen molar-refractivity contribution < 1.29 is 4.92 Å². The van der Waals surface area contributed by atoms with Crippen molar-refractivity contribution in [3.63, 3.8) is 0 Å². The molecular weight excluding hydrogens is 378 g/mol. The SMILES string of the molecule is Cc1ccc([N+](=O)[O-])cc1-n1c(C)cc(/C=C(\C#N)c2nc3ccccc3[nH]2)c1C. The zero-order valence-electron chi connectivity index (χ0n) is 16.8. The minimum absolute atomic E-state index is 0.0418. The third-order valence-corrected chi connectivity index (χ3v) is 5.18. The van der Waals surface area contributed by atoms with E-state index in [1.165, 1.54) is 6.07 Å². The highest BCUT2D eigenvalue weighted by Gasteiger charge is 2.16. The summed E-state index contributed by atoms with van der Waals surface area (Å²) in [4.78, 5) is 18.5. The number of nitro groups is 1. The summed E-state index contributed by atoms with van der Waals surface area (Å²) >= 11 is 0. The van der Waals surface area contributed by atoms with Crippen molar-refractivity contribution in [2.75, 3.05) is 0 Å². The molecule has 0 fully saturated rings. The molecule has 0 aliphatic rings. The molecule has 0 aliphatic carbocycles. The van der Waals surface area contributed by atoms with Gasteiger partial charge in [0, 0.05) is 23.5 Å². The molecule has 2 aromatic heterocycles. The number of nitrogens with one attached hydrogen (secondary N) is 1. The molecule has 0 saturated carbocycles. The highest BCUT2D eigenvalue weighted by Crippen LogP contribution is 2.29. The molecule has 7 heteroatoms. The molecular formula is C23H19N5O2. The van der Waals surface area contributed by atoms with Gasteiger partial charge in [-0.2, -0.15) is 5.26 Å². The van der Waals surface area contributed by atoms with Crippen molar-refractivity contribution in [3.8, 4) is 11.8 Å². The van der Waals surface area contributed by atoms with Gasteiger partial charge in [0.15, 0.2) is 0 Å². The first kappa shape index (κ1) is 19.2. The molecule has 2 heterocycles. The van der Waals surface area contributed by atoms with Crippen LogP contribution in [0.1, 0.15) is 28.3 Å². The Balaban J connectivity index is 1.83. The summed E-state index contributed by atoms with van der Waals surface area (Å²) in [6.07, 6.45) is 1.79. The summed E-state index contributed by atoms with van der Waals surface area (Å²) in [6.45, 7) is 5.79. The third-order valence-electron chi connectivity index (χ3n) is 5.18. The average Bonchev–Trinajstić information content (AvgIpc) is 3.27. The molecule has 0 radical (unpaired) electrons. The number of nitrogens with zero attached hydrogens (tertiary/aromatic N) is 4. The molecule has 2 aromatic carbocycles. The number of aromatic nitrogens is 3. The maximum atomic E-state index is 11.2. The van der Waals surface area contributed by atoms with Crippen LogP contribution in [-0.4, -0.2) is 19.5 Å². The van der Waals surface area contributed by atoms with Crippen molar-refractivity contribution in [2.45, 2.75) is 20.8 Å². The minimum Gasteiger partial charge on any atom is -0.337 e. The van der Waals surface area contributed by atoms with Gasteiger partial charge < -0.3 is 9.55 Å². The first-order chi connectivity index (χ1) is 14.4. The van der Waals surface area contributed by atoms with E-state index in [0.29, 0.717) is 11.4 Å². The quantitative estimate of drug-likeness (QED) is 0.289. The van der Waals surface area contributed by atoms with Gasteiger partial charge in [-0.05, 0) is 56.2 Å². The number of nitro benzene ring substituents is 1. The van der Waals surface area contributed by atoms with E-state index in [0.717, 1.165) is 39.2 Å². The Morgan fingerprint density at radius 1 is 1.20 bits per heavy atom. The van der Waals surface area contributed by atoms with Gasteiger partial charge in [0.2, 0.25) is 0 Å². The molecule has 0 spiro atoms. The Morgan fingerprint density at radius 2 is 1.97 bits per heavy atom. The van der Waals surface area contributed by atoms with Crippen LogP contribution >= 0.6 is 0 Å². The predicted octanol–water partition coefficient (Wildman–Crippen LogP) is 5.25. The number of rotatable bonds is 4. The number of nitriles is 1. The van der Waals surface area contributed by atoms with Gasteiger partial charge in [0.05, 0.1) is 27.2 Å². The number of hydrogen-bond donors (Lipinski definition) is 1. The largest absolute Gasteiger partial charge is 0.337 e. The maximum absolute atomic E-state index is 11.2. The fraction of sp³-hybridized carbons (Fsp3) is 0.130. The lowest BCUT2D eigenvalue weighted by Gasteiger charge is -2.12. The van der Waals surface area contributed by atoms with E-state index in [4.69, 9.17) is 0 Å². The zero-order valence-corrected chi connectivity index (χ0v) is 16.8. The number of non-ortho nitro benzene ring substituents is 1. The van der Waals surface area contributed by atoms with Crippen molar-refractivity contribution >= 4 is 28.4 Å². The first-order valence-electron chi connectivity index (χ1n) is 9.40. The normalized spacial score (nSPS) is 11.6. The summed E-state index contributed by atoms with van der Waals surface area (Å²) in [5, 5.41) is 21.0. The average molecular weight is 397 g/mol. The summed E-state index contributed by atoms with van der Waals surface area (Å²) < 4.78 is 1.97. The zero-order chi connectivity index (χ0) is 21.4. The summed E-state index contributed by atoms with van der Waals surface area (Å²) in [5.74, 6) is 0.509. The van der Waals surface area contributed by atoms with E-state index >= 15 is 0 Å². The number of para-hydroxylation sites is 2. The van der Waals surface area contributed by atoms with Gasteiger partial charge in [-0.25, -0.2) is 4.98 Å². The number of fused-ring (bicyclic) bond motifs is 1. The molecule has 30 heavy (non-hydrogen) atoms. The standard InChI is InChI=1S/C23H19N5O2/c1-14-8-9-19(28(29)30)12-22(14)27-15(2)10-17(16(27)3)11-18(13-24)23-25-20-6-4-5-7-21(20)26-23/h4-12H,1-3H3,(H,25,26)/b18-11+. The fourth-order valence-corrected chi connectivity index (χ4v) is 3.65. The van der Waals surface area contributed by atoms with E-state index in [1.807, 2.05) is 55.7 Å². The maximum Gasteiger partial charge on any atom is 0.271 e. The second-order valence-corrected chi connectivity index (χ2v) is 7.16. The third kappa shape index (κ3) is 3.25. The number of benzene rings is 2. The van der Waals surface area contributed by atoms with Crippen LogP contribution in [0.25, 0.3) is 28.4 Å². The molecule has 0 saturated heterocycles. The highest BCUT2D eigenvalue weighted by atomic mass is 16.6. The van der Waals surface area contributed by atoms with E-state index < -0.39 is 4.92 Å². The fourth-order valence-electron chi connectivity index (χ4n) is 3.65. The summed E-state index contributed by atoms with van der Waals surface area (Å²) in [5.41, 5.74) is 6.47.